The number of benzene rings is 1. The van der Waals surface area contributed by atoms with Gasteiger partial charge in [-0.25, -0.2) is 4.98 Å². The van der Waals surface area contributed by atoms with E-state index in [2.05, 4.69) is 10.3 Å². The predicted molar refractivity (Wildman–Crippen MR) is 78.8 cm³/mol. The third kappa shape index (κ3) is 2.45. The largest absolute Gasteiger partial charge is 0.295 e. The van der Waals surface area contributed by atoms with Crippen molar-refractivity contribution in [1.29, 1.82) is 0 Å². The first kappa shape index (κ1) is 14.8. The molecule has 0 saturated carbocycles. The van der Waals surface area contributed by atoms with Crippen LogP contribution in [-0.4, -0.2) is 26.3 Å². The van der Waals surface area contributed by atoms with Crippen LogP contribution in [0.25, 0.3) is 10.9 Å². The Kier molecular flexibility index (Phi) is 3.40. The molecular formula is C14H12N4O5. The first-order chi connectivity index (χ1) is 10.9. The highest BCUT2D eigenvalue weighted by Gasteiger charge is 2.30. The number of imide groups is 1. The maximum atomic E-state index is 12.6. The van der Waals surface area contributed by atoms with Crippen molar-refractivity contribution in [3.8, 4) is 0 Å². The number of aromatic nitrogens is 2. The van der Waals surface area contributed by atoms with Gasteiger partial charge in [-0.2, -0.15) is 0 Å². The van der Waals surface area contributed by atoms with Crippen LogP contribution in [0.3, 0.4) is 0 Å². The highest BCUT2D eigenvalue weighted by Crippen LogP contribution is 2.21. The van der Waals surface area contributed by atoms with E-state index in [0.29, 0.717) is 0 Å². The zero-order chi connectivity index (χ0) is 16.7. The number of nitro benzene ring substituents is 1. The Balaban J connectivity index is 2.17. The number of nitro groups is 1. The molecule has 1 saturated heterocycles. The van der Waals surface area contributed by atoms with Crippen LogP contribution in [0.1, 0.15) is 24.7 Å². The molecule has 1 aliphatic heterocycles. The normalized spacial score (nSPS) is 18.0. The van der Waals surface area contributed by atoms with Crippen molar-refractivity contribution >= 4 is 28.4 Å². The molecule has 0 aliphatic carbocycles. The SMILES string of the molecule is Cc1nc2cc([N+](=O)[O-])ccc2c(=O)n1C1CCC(=O)NC1=O. The first-order valence-corrected chi connectivity index (χ1v) is 6.89. The van der Waals surface area contributed by atoms with E-state index in [-0.39, 0.29) is 41.2 Å². The Labute approximate surface area is 129 Å². The number of hydrogen-bond acceptors (Lipinski definition) is 6. The van der Waals surface area contributed by atoms with E-state index in [0.717, 1.165) is 0 Å². The van der Waals surface area contributed by atoms with Gasteiger partial charge in [0.1, 0.15) is 11.9 Å². The zero-order valence-corrected chi connectivity index (χ0v) is 12.1. The summed E-state index contributed by atoms with van der Waals surface area (Å²) in [6.45, 7) is 1.55. The van der Waals surface area contributed by atoms with E-state index >= 15 is 0 Å². The van der Waals surface area contributed by atoms with Crippen molar-refractivity contribution in [2.24, 2.45) is 0 Å². The standard InChI is InChI=1S/C14H12N4O5/c1-7-15-10-6-8(18(22)23)2-3-9(10)14(21)17(7)11-4-5-12(19)16-13(11)20/h2-3,6,11H,4-5H2,1H3,(H,16,19,20). The molecule has 1 aliphatic rings. The first-order valence-electron chi connectivity index (χ1n) is 6.89. The summed E-state index contributed by atoms with van der Waals surface area (Å²) in [6.07, 6.45) is 0.353. The Morgan fingerprint density at radius 1 is 1.35 bits per heavy atom. The molecule has 0 bridgehead atoms. The second-order valence-corrected chi connectivity index (χ2v) is 5.26. The van der Waals surface area contributed by atoms with Crippen LogP contribution in [0.2, 0.25) is 0 Å². The van der Waals surface area contributed by atoms with E-state index in [1.165, 1.54) is 22.8 Å². The van der Waals surface area contributed by atoms with Gasteiger partial charge in [-0.1, -0.05) is 0 Å². The molecule has 9 heteroatoms. The molecule has 23 heavy (non-hydrogen) atoms. The number of nitrogens with zero attached hydrogens (tertiary/aromatic N) is 3. The Hall–Kier alpha value is -3.10. The lowest BCUT2D eigenvalue weighted by Crippen LogP contribution is -2.45. The van der Waals surface area contributed by atoms with Gasteiger partial charge in [0, 0.05) is 18.6 Å². The van der Waals surface area contributed by atoms with Gasteiger partial charge in [0.25, 0.3) is 11.2 Å². The highest BCUT2D eigenvalue weighted by molar-refractivity contribution is 5.99. The van der Waals surface area contributed by atoms with Gasteiger partial charge in [-0.15, -0.1) is 0 Å². The highest BCUT2D eigenvalue weighted by atomic mass is 16.6. The number of non-ortho nitro benzene ring substituents is 1. The third-order valence-electron chi connectivity index (χ3n) is 3.79. The summed E-state index contributed by atoms with van der Waals surface area (Å²) < 4.78 is 1.23. The van der Waals surface area contributed by atoms with Gasteiger partial charge in [-0.05, 0) is 19.4 Å². The summed E-state index contributed by atoms with van der Waals surface area (Å²) in [5.41, 5.74) is -0.426. The average Bonchev–Trinajstić information content (AvgIpc) is 2.48. The zero-order valence-electron chi connectivity index (χ0n) is 12.1. The van der Waals surface area contributed by atoms with Crippen molar-refractivity contribution in [2.45, 2.75) is 25.8 Å². The maximum Gasteiger partial charge on any atom is 0.271 e. The summed E-state index contributed by atoms with van der Waals surface area (Å²) in [4.78, 5) is 50.3. The minimum atomic E-state index is -0.813. The van der Waals surface area contributed by atoms with Crippen LogP contribution in [0.15, 0.2) is 23.0 Å². The molecule has 0 radical (unpaired) electrons. The molecule has 2 heterocycles. The summed E-state index contributed by atoms with van der Waals surface area (Å²) in [5, 5.41) is 13.2. The molecule has 2 amide bonds. The number of fused-ring (bicyclic) bond motifs is 1. The number of nitrogens with one attached hydrogen (secondary N) is 1. The maximum absolute atomic E-state index is 12.6. The van der Waals surface area contributed by atoms with Crippen LogP contribution in [0, 0.1) is 17.0 Å². The molecular weight excluding hydrogens is 304 g/mol. The molecule has 1 unspecified atom stereocenters. The lowest BCUT2D eigenvalue weighted by molar-refractivity contribution is -0.384. The van der Waals surface area contributed by atoms with E-state index in [4.69, 9.17) is 0 Å². The number of carbonyl (C=O) groups excluding carboxylic acids is 2. The summed E-state index contributed by atoms with van der Waals surface area (Å²) in [7, 11) is 0. The number of hydrogen-bond donors (Lipinski definition) is 1. The smallest absolute Gasteiger partial charge is 0.271 e. The minimum Gasteiger partial charge on any atom is -0.295 e. The molecule has 1 N–H and O–H groups in total. The number of amides is 2. The second-order valence-electron chi connectivity index (χ2n) is 5.26. The Morgan fingerprint density at radius 3 is 2.74 bits per heavy atom. The van der Waals surface area contributed by atoms with Crippen molar-refractivity contribution in [3.63, 3.8) is 0 Å². The van der Waals surface area contributed by atoms with E-state index in [1.807, 2.05) is 0 Å². The van der Waals surface area contributed by atoms with Crippen LogP contribution in [0.5, 0.6) is 0 Å². The monoisotopic (exact) mass is 316 g/mol. The van der Waals surface area contributed by atoms with Crippen LogP contribution < -0.4 is 10.9 Å². The van der Waals surface area contributed by atoms with Crippen molar-refractivity contribution in [2.75, 3.05) is 0 Å². The molecule has 1 aromatic carbocycles. The molecule has 9 nitrogen and oxygen atoms in total. The van der Waals surface area contributed by atoms with E-state index in [9.17, 15) is 24.5 Å². The number of aryl methyl sites for hydroxylation is 1. The van der Waals surface area contributed by atoms with Crippen molar-refractivity contribution in [3.05, 3.63) is 44.5 Å². The summed E-state index contributed by atoms with van der Waals surface area (Å²) in [6, 6.07) is 2.95. The number of rotatable bonds is 2. The summed E-state index contributed by atoms with van der Waals surface area (Å²) >= 11 is 0. The second kappa shape index (κ2) is 5.27. The molecule has 118 valence electrons. The molecule has 2 aromatic rings. The van der Waals surface area contributed by atoms with Gasteiger partial charge in [0.15, 0.2) is 0 Å². The van der Waals surface area contributed by atoms with Crippen LogP contribution in [-0.2, 0) is 9.59 Å². The topological polar surface area (TPSA) is 124 Å². The quantitative estimate of drug-likeness (QED) is 0.491. The third-order valence-corrected chi connectivity index (χ3v) is 3.79. The average molecular weight is 316 g/mol. The van der Waals surface area contributed by atoms with Gasteiger partial charge in [0.05, 0.1) is 15.8 Å². The van der Waals surface area contributed by atoms with E-state index < -0.39 is 22.4 Å². The summed E-state index contributed by atoms with van der Waals surface area (Å²) in [5.74, 6) is -0.659. The fourth-order valence-corrected chi connectivity index (χ4v) is 2.71. The Bertz CT molecular complexity index is 917. The van der Waals surface area contributed by atoms with Gasteiger partial charge >= 0.3 is 0 Å². The lowest BCUT2D eigenvalue weighted by atomic mass is 10.1. The van der Waals surface area contributed by atoms with Crippen molar-refractivity contribution in [1.82, 2.24) is 14.9 Å². The van der Waals surface area contributed by atoms with Gasteiger partial charge in [-0.3, -0.25) is 34.4 Å². The molecule has 1 fully saturated rings. The molecule has 0 spiro atoms. The fourth-order valence-electron chi connectivity index (χ4n) is 2.71. The van der Waals surface area contributed by atoms with E-state index in [1.54, 1.807) is 6.92 Å². The Morgan fingerprint density at radius 2 is 2.09 bits per heavy atom. The predicted octanol–water partition coefficient (Wildman–Crippen LogP) is 0.591. The van der Waals surface area contributed by atoms with Gasteiger partial charge < -0.3 is 0 Å². The number of piperidine rings is 1. The van der Waals surface area contributed by atoms with Gasteiger partial charge in [0.2, 0.25) is 11.8 Å². The fraction of sp³-hybridized carbons (Fsp3) is 0.286. The molecule has 1 aromatic heterocycles. The minimum absolute atomic E-state index is 0.139. The molecule has 3 rings (SSSR count). The van der Waals surface area contributed by atoms with Crippen LogP contribution >= 0.6 is 0 Å². The van der Waals surface area contributed by atoms with Crippen molar-refractivity contribution < 1.29 is 14.5 Å². The lowest BCUT2D eigenvalue weighted by Gasteiger charge is -2.24. The van der Waals surface area contributed by atoms with Crippen LogP contribution in [0.4, 0.5) is 5.69 Å². The molecule has 1 atom stereocenters. The number of carbonyl (C=O) groups is 2.